The van der Waals surface area contributed by atoms with Gasteiger partial charge in [-0.3, -0.25) is 0 Å². The molecule has 1 aliphatic carbocycles. The van der Waals surface area contributed by atoms with Crippen LogP contribution in [0, 0.1) is 12.8 Å². The molecule has 0 bridgehead atoms. The number of pyridine rings is 1. The summed E-state index contributed by atoms with van der Waals surface area (Å²) in [6.07, 6.45) is 4.49. The molecule has 0 aliphatic heterocycles. The number of aryl methyl sites for hydroxylation is 1. The molecule has 78 valence electrons. The van der Waals surface area contributed by atoms with Gasteiger partial charge < -0.3 is 4.74 Å². The van der Waals surface area contributed by atoms with Crippen LogP contribution >= 0.6 is 0 Å². The van der Waals surface area contributed by atoms with Crippen LogP contribution < -0.4 is 4.74 Å². The normalized spacial score (nSPS) is 14.2. The Bertz CT molecular complexity index is 252. The van der Waals surface area contributed by atoms with E-state index >= 15 is 0 Å². The number of rotatable bonds is 3. The molecule has 0 aromatic carbocycles. The van der Waals surface area contributed by atoms with E-state index in [-0.39, 0.29) is 0 Å². The Labute approximate surface area is 86.3 Å². The lowest BCUT2D eigenvalue weighted by atomic mass is 10.3. The minimum atomic E-state index is 0.757. The molecule has 0 radical (unpaired) electrons. The summed E-state index contributed by atoms with van der Waals surface area (Å²) in [7, 11) is 0. The molecule has 1 aliphatic rings. The zero-order valence-corrected chi connectivity index (χ0v) is 9.29. The van der Waals surface area contributed by atoms with E-state index in [1.165, 1.54) is 18.4 Å². The Morgan fingerprint density at radius 3 is 2.57 bits per heavy atom. The highest BCUT2D eigenvalue weighted by Gasteiger charge is 2.21. The molecule has 0 unspecified atom stereocenters. The van der Waals surface area contributed by atoms with Gasteiger partial charge in [0.1, 0.15) is 0 Å². The second-order valence-corrected chi connectivity index (χ2v) is 3.43. The molecule has 1 heterocycles. The van der Waals surface area contributed by atoms with E-state index in [1.807, 2.05) is 39.1 Å². The third-order valence-electron chi connectivity index (χ3n) is 2.05. The van der Waals surface area contributed by atoms with E-state index in [0.717, 1.165) is 18.4 Å². The highest BCUT2D eigenvalue weighted by atomic mass is 16.5. The van der Waals surface area contributed by atoms with E-state index in [1.54, 1.807) is 0 Å². The van der Waals surface area contributed by atoms with Crippen LogP contribution in [-0.4, -0.2) is 11.6 Å². The van der Waals surface area contributed by atoms with Crippen LogP contribution in [0.5, 0.6) is 5.88 Å². The summed E-state index contributed by atoms with van der Waals surface area (Å²) in [5.74, 6) is 1.56. The van der Waals surface area contributed by atoms with Crippen molar-refractivity contribution < 1.29 is 4.74 Å². The van der Waals surface area contributed by atoms with Crippen molar-refractivity contribution in [1.29, 1.82) is 0 Å². The molecule has 0 amide bonds. The van der Waals surface area contributed by atoms with E-state index in [2.05, 4.69) is 4.98 Å². The van der Waals surface area contributed by atoms with Crippen molar-refractivity contribution in [3.05, 3.63) is 23.9 Å². The number of nitrogens with zero attached hydrogens (tertiary/aromatic N) is 1. The zero-order valence-electron chi connectivity index (χ0n) is 9.29. The van der Waals surface area contributed by atoms with Gasteiger partial charge in [0, 0.05) is 12.3 Å². The van der Waals surface area contributed by atoms with E-state index in [0.29, 0.717) is 0 Å². The van der Waals surface area contributed by atoms with E-state index < -0.39 is 0 Å². The number of hydrogen-bond donors (Lipinski definition) is 0. The number of hydrogen-bond acceptors (Lipinski definition) is 2. The molecule has 2 nitrogen and oxygen atoms in total. The highest BCUT2D eigenvalue weighted by molar-refractivity contribution is 5.16. The Hall–Kier alpha value is -1.05. The maximum absolute atomic E-state index is 5.47. The molecular formula is C12H19NO. The Morgan fingerprint density at radius 2 is 2.07 bits per heavy atom. The Balaban J connectivity index is 0.000000461. The fourth-order valence-electron chi connectivity index (χ4n) is 1.03. The standard InChI is InChI=1S/C10H13NO.C2H6/c1-8-2-5-10(11-6-8)12-7-9-3-4-9;1-2/h2,5-6,9H,3-4,7H2,1H3;1-2H3. The first-order valence-electron chi connectivity index (χ1n) is 5.40. The highest BCUT2D eigenvalue weighted by Crippen LogP contribution is 2.29. The second kappa shape index (κ2) is 5.63. The van der Waals surface area contributed by atoms with Gasteiger partial charge in [0.25, 0.3) is 0 Å². The molecule has 1 aromatic rings. The molecule has 0 spiro atoms. The van der Waals surface area contributed by atoms with E-state index in [9.17, 15) is 0 Å². The van der Waals surface area contributed by atoms with Gasteiger partial charge in [0.2, 0.25) is 5.88 Å². The van der Waals surface area contributed by atoms with Crippen molar-refractivity contribution in [3.63, 3.8) is 0 Å². The lowest BCUT2D eigenvalue weighted by Gasteiger charge is -2.02. The third kappa shape index (κ3) is 3.77. The summed E-state index contributed by atoms with van der Waals surface area (Å²) >= 11 is 0. The second-order valence-electron chi connectivity index (χ2n) is 3.43. The van der Waals surface area contributed by atoms with Gasteiger partial charge in [-0.15, -0.1) is 0 Å². The first kappa shape index (κ1) is 11.0. The average Bonchev–Trinajstić information content (AvgIpc) is 3.04. The number of aromatic nitrogens is 1. The summed E-state index contributed by atoms with van der Waals surface area (Å²) in [4.78, 5) is 4.16. The van der Waals surface area contributed by atoms with Crippen LogP contribution in [0.2, 0.25) is 0 Å². The van der Waals surface area contributed by atoms with Crippen LogP contribution in [0.25, 0.3) is 0 Å². The van der Waals surface area contributed by atoms with Gasteiger partial charge in [0.15, 0.2) is 0 Å². The monoisotopic (exact) mass is 193 g/mol. The average molecular weight is 193 g/mol. The van der Waals surface area contributed by atoms with Gasteiger partial charge in [-0.2, -0.15) is 0 Å². The zero-order chi connectivity index (χ0) is 10.4. The molecular weight excluding hydrogens is 174 g/mol. The fourth-order valence-corrected chi connectivity index (χ4v) is 1.03. The Kier molecular flexibility index (Phi) is 4.44. The molecule has 0 N–H and O–H groups in total. The van der Waals surface area contributed by atoms with Crippen molar-refractivity contribution in [1.82, 2.24) is 4.98 Å². The maximum atomic E-state index is 5.47. The predicted octanol–water partition coefficient (Wildman–Crippen LogP) is 3.21. The summed E-state index contributed by atoms with van der Waals surface area (Å²) < 4.78 is 5.47. The quantitative estimate of drug-likeness (QED) is 0.735. The first-order valence-corrected chi connectivity index (χ1v) is 5.40. The van der Waals surface area contributed by atoms with Crippen molar-refractivity contribution >= 4 is 0 Å². The van der Waals surface area contributed by atoms with Gasteiger partial charge in [-0.1, -0.05) is 19.9 Å². The molecule has 0 atom stereocenters. The number of ether oxygens (including phenoxy) is 1. The van der Waals surface area contributed by atoms with Crippen molar-refractivity contribution in [2.24, 2.45) is 5.92 Å². The lowest BCUT2D eigenvalue weighted by Crippen LogP contribution is -2.00. The largest absolute Gasteiger partial charge is 0.477 e. The summed E-state index contributed by atoms with van der Waals surface area (Å²) in [6.45, 7) is 6.87. The summed E-state index contributed by atoms with van der Waals surface area (Å²) in [6, 6.07) is 3.95. The van der Waals surface area contributed by atoms with Crippen LogP contribution in [0.4, 0.5) is 0 Å². The van der Waals surface area contributed by atoms with Gasteiger partial charge in [-0.25, -0.2) is 4.98 Å². The lowest BCUT2D eigenvalue weighted by molar-refractivity contribution is 0.288. The van der Waals surface area contributed by atoms with Gasteiger partial charge >= 0.3 is 0 Å². The minimum absolute atomic E-state index is 0.757. The van der Waals surface area contributed by atoms with Gasteiger partial charge in [0.05, 0.1) is 6.61 Å². The van der Waals surface area contributed by atoms with Crippen molar-refractivity contribution in [3.8, 4) is 5.88 Å². The molecule has 1 saturated carbocycles. The molecule has 2 heteroatoms. The SMILES string of the molecule is CC.Cc1ccc(OCC2CC2)nc1. The van der Waals surface area contributed by atoms with Crippen LogP contribution in [0.15, 0.2) is 18.3 Å². The smallest absolute Gasteiger partial charge is 0.213 e. The minimum Gasteiger partial charge on any atom is -0.477 e. The molecule has 1 aromatic heterocycles. The first-order chi connectivity index (χ1) is 6.84. The fraction of sp³-hybridized carbons (Fsp3) is 0.583. The van der Waals surface area contributed by atoms with Crippen LogP contribution in [-0.2, 0) is 0 Å². The van der Waals surface area contributed by atoms with Gasteiger partial charge in [-0.05, 0) is 31.2 Å². The molecule has 14 heavy (non-hydrogen) atoms. The summed E-state index contributed by atoms with van der Waals surface area (Å²) in [5.41, 5.74) is 1.17. The topological polar surface area (TPSA) is 22.1 Å². The van der Waals surface area contributed by atoms with E-state index in [4.69, 9.17) is 4.74 Å². The predicted molar refractivity (Wildman–Crippen MR) is 58.5 cm³/mol. The van der Waals surface area contributed by atoms with Crippen molar-refractivity contribution in [2.45, 2.75) is 33.6 Å². The third-order valence-corrected chi connectivity index (χ3v) is 2.05. The van der Waals surface area contributed by atoms with Crippen LogP contribution in [0.1, 0.15) is 32.3 Å². The Morgan fingerprint density at radius 1 is 1.36 bits per heavy atom. The molecule has 2 rings (SSSR count). The van der Waals surface area contributed by atoms with Crippen molar-refractivity contribution in [2.75, 3.05) is 6.61 Å². The summed E-state index contributed by atoms with van der Waals surface area (Å²) in [5, 5.41) is 0. The van der Waals surface area contributed by atoms with Crippen LogP contribution in [0.3, 0.4) is 0 Å². The maximum Gasteiger partial charge on any atom is 0.213 e. The molecule has 1 fully saturated rings. The molecule has 0 saturated heterocycles.